The van der Waals surface area contributed by atoms with Crippen LogP contribution in [0.15, 0.2) is 33.4 Å². The largest absolute Gasteiger partial charge is 0.463 e. The van der Waals surface area contributed by atoms with Gasteiger partial charge in [-0.15, -0.1) is 0 Å². The Labute approximate surface area is 163 Å². The second-order valence-corrected chi connectivity index (χ2v) is 13.9. The molecule has 0 radical (unpaired) electrons. The van der Waals surface area contributed by atoms with Crippen molar-refractivity contribution < 1.29 is 22.4 Å². The molecule has 0 saturated carbocycles. The first-order valence-electron chi connectivity index (χ1n) is 8.87. The third kappa shape index (κ3) is 4.15. The van der Waals surface area contributed by atoms with Crippen LogP contribution in [0.1, 0.15) is 41.5 Å². The van der Waals surface area contributed by atoms with Crippen molar-refractivity contribution in [3.05, 3.63) is 28.9 Å². The van der Waals surface area contributed by atoms with Crippen LogP contribution < -0.4 is 4.74 Å². The molecule has 0 fully saturated rings. The summed E-state index contributed by atoms with van der Waals surface area (Å²) >= 11 is 3.34. The maximum atomic E-state index is 14.6. The van der Waals surface area contributed by atoms with Gasteiger partial charge < -0.3 is 13.6 Å². The zero-order valence-corrected chi connectivity index (χ0v) is 18.7. The van der Waals surface area contributed by atoms with Gasteiger partial charge in [0.25, 0.3) is 0 Å². The summed E-state index contributed by atoms with van der Waals surface area (Å²) in [6.45, 7) is 11.6. The second kappa shape index (κ2) is 7.98. The van der Waals surface area contributed by atoms with E-state index in [2.05, 4.69) is 57.5 Å². The molecule has 0 amide bonds. The average Bonchev–Trinajstić information content (AvgIpc) is 3.00. The summed E-state index contributed by atoms with van der Waals surface area (Å²) in [6, 6.07) is 4.75. The molecule has 0 spiro atoms. The Bertz CT molecular complexity index is 722. The van der Waals surface area contributed by atoms with E-state index in [1.165, 1.54) is 12.3 Å². The lowest BCUT2D eigenvalue weighted by atomic mass is 10.2. The zero-order chi connectivity index (χ0) is 19.7. The monoisotopic (exact) mass is 448 g/mol. The van der Waals surface area contributed by atoms with E-state index >= 15 is 0 Å². The van der Waals surface area contributed by atoms with E-state index in [-0.39, 0.29) is 22.4 Å². The summed E-state index contributed by atoms with van der Waals surface area (Å²) in [6.07, 6.45) is -1.97. The maximum Gasteiger partial charge on any atom is 0.420 e. The summed E-state index contributed by atoms with van der Waals surface area (Å²) < 4.78 is 46.2. The molecule has 1 aromatic carbocycles. The first kappa shape index (κ1) is 21.4. The lowest BCUT2D eigenvalue weighted by Gasteiger charge is -2.42. The molecule has 1 heterocycles. The van der Waals surface area contributed by atoms with Gasteiger partial charge in [0, 0.05) is 0 Å². The zero-order valence-electron chi connectivity index (χ0n) is 16.1. The molecule has 0 N–H and O–H groups in total. The van der Waals surface area contributed by atoms with Gasteiger partial charge >= 0.3 is 6.11 Å². The van der Waals surface area contributed by atoms with E-state index in [4.69, 9.17) is 13.6 Å². The quantitative estimate of drug-likeness (QED) is 0.395. The average molecular weight is 449 g/mol. The molecule has 0 aliphatic rings. The van der Waals surface area contributed by atoms with E-state index in [0.717, 1.165) is 0 Å². The number of halogens is 3. The van der Waals surface area contributed by atoms with Crippen molar-refractivity contribution in [2.24, 2.45) is 0 Å². The van der Waals surface area contributed by atoms with Gasteiger partial charge in [0.15, 0.2) is 5.58 Å². The predicted molar refractivity (Wildman–Crippen MR) is 106 cm³/mol. The van der Waals surface area contributed by atoms with E-state index in [1.807, 2.05) is 0 Å². The molecule has 2 aromatic rings. The van der Waals surface area contributed by atoms with Gasteiger partial charge in [0.05, 0.1) is 16.1 Å². The molecular weight excluding hydrogens is 422 g/mol. The lowest BCUT2D eigenvalue weighted by Crippen LogP contribution is -2.50. The summed E-state index contributed by atoms with van der Waals surface area (Å²) in [4.78, 5) is 0. The lowest BCUT2D eigenvalue weighted by molar-refractivity contribution is -0.197. The Hall–Kier alpha value is -0.923. The minimum absolute atomic E-state index is 0.0801. The van der Waals surface area contributed by atoms with Crippen LogP contribution in [-0.4, -0.2) is 21.0 Å². The number of hydrogen-bond acceptors (Lipinski definition) is 3. The Morgan fingerprint density at radius 1 is 1.04 bits per heavy atom. The highest BCUT2D eigenvalue weighted by atomic mass is 79.9. The molecule has 3 nitrogen and oxygen atoms in total. The molecular formula is C19H27BrF2O3Si. The number of fused-ring (bicyclic) bond motifs is 1. The number of hydrogen-bond donors (Lipinski definition) is 0. The Balaban J connectivity index is 2.22. The Morgan fingerprint density at radius 2 is 1.62 bits per heavy atom. The number of ether oxygens (including phenoxy) is 1. The number of furan rings is 1. The molecule has 0 saturated heterocycles. The molecule has 0 atom stereocenters. The minimum Gasteiger partial charge on any atom is -0.463 e. The third-order valence-corrected chi connectivity index (χ3v) is 11.7. The van der Waals surface area contributed by atoms with Gasteiger partial charge in [-0.1, -0.05) is 41.5 Å². The van der Waals surface area contributed by atoms with Gasteiger partial charge in [-0.05, 0) is 50.8 Å². The van der Waals surface area contributed by atoms with Crippen LogP contribution >= 0.6 is 15.9 Å². The molecule has 26 heavy (non-hydrogen) atoms. The first-order valence-corrected chi connectivity index (χ1v) is 11.8. The van der Waals surface area contributed by atoms with Crippen LogP contribution in [0.25, 0.3) is 11.0 Å². The normalized spacial score (nSPS) is 13.4. The van der Waals surface area contributed by atoms with Crippen molar-refractivity contribution in [2.45, 2.75) is 64.3 Å². The van der Waals surface area contributed by atoms with Crippen molar-refractivity contribution >= 4 is 35.2 Å². The number of alkyl halides is 2. The molecule has 146 valence electrons. The fraction of sp³-hybridized carbons (Fsp3) is 0.579. The molecule has 0 aliphatic carbocycles. The number of benzene rings is 1. The Morgan fingerprint density at radius 3 is 2.15 bits per heavy atom. The SMILES string of the molecule is CC(C)[Si](OCC(F)(F)Oc1ccc(Br)c2occc12)(C(C)C)C(C)C. The fourth-order valence-corrected chi connectivity index (χ4v) is 9.85. The van der Waals surface area contributed by atoms with Crippen molar-refractivity contribution in [1.82, 2.24) is 0 Å². The molecule has 0 bridgehead atoms. The van der Waals surface area contributed by atoms with Crippen molar-refractivity contribution in [3.8, 4) is 5.75 Å². The fourth-order valence-electron chi connectivity index (χ4n) is 3.99. The van der Waals surface area contributed by atoms with Gasteiger partial charge in [0.2, 0.25) is 8.32 Å². The topological polar surface area (TPSA) is 31.6 Å². The summed E-state index contributed by atoms with van der Waals surface area (Å²) in [5.41, 5.74) is 1.17. The smallest absolute Gasteiger partial charge is 0.420 e. The minimum atomic E-state index is -3.42. The predicted octanol–water partition coefficient (Wildman–Crippen LogP) is 7.36. The van der Waals surface area contributed by atoms with Gasteiger partial charge in [0.1, 0.15) is 12.4 Å². The van der Waals surface area contributed by atoms with Crippen LogP contribution in [0.5, 0.6) is 5.75 Å². The van der Waals surface area contributed by atoms with Crippen LogP contribution in [0, 0.1) is 0 Å². The van der Waals surface area contributed by atoms with Gasteiger partial charge in [-0.3, -0.25) is 0 Å². The van der Waals surface area contributed by atoms with E-state index in [0.29, 0.717) is 15.4 Å². The highest BCUT2D eigenvalue weighted by molar-refractivity contribution is 9.10. The van der Waals surface area contributed by atoms with Crippen LogP contribution in [0.2, 0.25) is 16.6 Å². The Kier molecular flexibility index (Phi) is 6.56. The molecule has 1 aromatic heterocycles. The summed E-state index contributed by atoms with van der Waals surface area (Å²) in [5.74, 6) is 0.0801. The van der Waals surface area contributed by atoms with Crippen LogP contribution in [0.4, 0.5) is 8.78 Å². The van der Waals surface area contributed by atoms with Gasteiger partial charge in [-0.25, -0.2) is 0 Å². The maximum absolute atomic E-state index is 14.6. The first-order chi connectivity index (χ1) is 12.0. The molecule has 2 rings (SSSR count). The summed E-state index contributed by atoms with van der Waals surface area (Å²) in [5, 5.41) is 0.499. The van der Waals surface area contributed by atoms with E-state index in [9.17, 15) is 8.78 Å². The third-order valence-electron chi connectivity index (χ3n) is 4.99. The van der Waals surface area contributed by atoms with Crippen molar-refractivity contribution in [2.75, 3.05) is 6.61 Å². The molecule has 0 unspecified atom stereocenters. The van der Waals surface area contributed by atoms with Crippen molar-refractivity contribution in [3.63, 3.8) is 0 Å². The molecule has 7 heteroatoms. The van der Waals surface area contributed by atoms with Crippen molar-refractivity contribution in [1.29, 1.82) is 0 Å². The standard InChI is InChI=1S/C19H27BrF2O3Si/c1-12(2)26(13(3)4,14(5)6)24-11-19(21,22)25-17-8-7-16(20)18-15(17)9-10-23-18/h7-10,12-14H,11H2,1-6H3. The second-order valence-electron chi connectivity index (χ2n) is 7.55. The molecule has 0 aliphatic heterocycles. The van der Waals surface area contributed by atoms with Crippen LogP contribution in [-0.2, 0) is 4.43 Å². The summed E-state index contributed by atoms with van der Waals surface area (Å²) in [7, 11) is -2.39. The highest BCUT2D eigenvalue weighted by Crippen LogP contribution is 2.43. The van der Waals surface area contributed by atoms with Gasteiger partial charge in [-0.2, -0.15) is 8.78 Å². The van der Waals surface area contributed by atoms with Crippen LogP contribution in [0.3, 0.4) is 0 Å². The van der Waals surface area contributed by atoms with E-state index < -0.39 is 21.0 Å². The number of rotatable bonds is 8. The highest BCUT2D eigenvalue weighted by Gasteiger charge is 2.48. The van der Waals surface area contributed by atoms with E-state index in [1.54, 1.807) is 12.1 Å².